The van der Waals surface area contributed by atoms with E-state index in [9.17, 15) is 37.2 Å². The van der Waals surface area contributed by atoms with Crippen LogP contribution >= 0.6 is 34.4 Å². The van der Waals surface area contributed by atoms with Crippen molar-refractivity contribution in [2.75, 3.05) is 21.3 Å². The Balaban J connectivity index is 0.000000207. The van der Waals surface area contributed by atoms with Crippen LogP contribution < -0.4 is 21.3 Å². The summed E-state index contributed by atoms with van der Waals surface area (Å²) in [5, 5.41) is 29.5. The van der Waals surface area contributed by atoms with Gasteiger partial charge >= 0.3 is 24.0 Å². The molecule has 2 aliphatic rings. The van der Waals surface area contributed by atoms with Crippen molar-refractivity contribution in [3.8, 4) is 0 Å². The zero-order chi connectivity index (χ0) is 50.0. The highest BCUT2D eigenvalue weighted by Gasteiger charge is 2.28. The number of sulfone groups is 1. The molecule has 0 saturated heterocycles. The molecule has 2 heterocycles. The van der Waals surface area contributed by atoms with Crippen LogP contribution in [0.4, 0.5) is 31.2 Å². The number of carboxylic acids is 2. The van der Waals surface area contributed by atoms with Crippen LogP contribution in [0, 0.1) is 25.7 Å². The number of carboxylic acid groups (broad SMARTS) is 2. The van der Waals surface area contributed by atoms with Crippen molar-refractivity contribution in [2.24, 2.45) is 11.8 Å². The Kier molecular flexibility index (Phi) is 17.0. The Labute approximate surface area is 416 Å². The molecule has 2 saturated carbocycles. The molecule has 0 atom stereocenters. The summed E-state index contributed by atoms with van der Waals surface area (Å²) in [6, 6.07) is 21.4. The first-order chi connectivity index (χ1) is 33.5. The molecule has 4 aromatic carbocycles. The number of nitrogens with zero attached hydrogens (tertiary/aromatic N) is 2. The number of rotatable bonds is 16. The molecule has 0 bridgehead atoms. The standard InChI is InChI=1S/C25H25N3O6S2.C25H25N3O4S2/c1-15-6-11-21(20(12-15)22(29)16-4-2-3-5-16)27-24(32)28-25-26-13-18(35-25)14-36(33,34)19-9-7-17(8-10-19)23(30)31;1-15-6-11-21(20(12-15)22(29)16-4-2-3-5-16)27-24(32)28-25-26-13-19(34-25)14-33-18-9-7-17(8-10-18)23(30)31/h6-13,16H,2-5,14H2,1H3,(H,30,31)(H2,26,27,28,32);6-13,16H,2-5,14H2,1H3,(H,30,31)(H2,26,27,28,32). The Morgan fingerprint density at radius 1 is 0.600 bits per heavy atom. The molecule has 4 amide bonds. The number of carbonyl (C=O) groups is 6. The van der Waals surface area contributed by atoms with Crippen molar-refractivity contribution in [2.45, 2.75) is 86.5 Å². The van der Waals surface area contributed by atoms with Crippen molar-refractivity contribution in [3.05, 3.63) is 140 Å². The second-order valence-corrected chi connectivity index (χ2v) is 22.2. The number of Topliss-reactive ketones (excluding diaryl/α,β-unsaturated/α-hetero) is 2. The summed E-state index contributed by atoms with van der Waals surface area (Å²) in [6.07, 6.45) is 10.8. The van der Waals surface area contributed by atoms with Crippen molar-refractivity contribution >= 4 is 101 Å². The number of aryl methyl sites for hydroxylation is 2. The number of benzene rings is 4. The Hall–Kier alpha value is -6.74. The Morgan fingerprint density at radius 3 is 1.49 bits per heavy atom. The molecule has 6 N–H and O–H groups in total. The van der Waals surface area contributed by atoms with Crippen LogP contribution in [0.25, 0.3) is 0 Å². The van der Waals surface area contributed by atoms with E-state index in [1.807, 2.05) is 32.0 Å². The molecule has 0 radical (unpaired) electrons. The minimum Gasteiger partial charge on any atom is -0.478 e. The number of ketones is 2. The second kappa shape index (κ2) is 23.2. The lowest BCUT2D eigenvalue weighted by molar-refractivity contribution is 0.0686. The summed E-state index contributed by atoms with van der Waals surface area (Å²) in [7, 11) is -3.74. The van der Waals surface area contributed by atoms with E-state index in [-0.39, 0.29) is 50.3 Å². The summed E-state index contributed by atoms with van der Waals surface area (Å²) >= 11 is 3.94. The molecule has 8 rings (SSSR count). The predicted molar refractivity (Wildman–Crippen MR) is 272 cm³/mol. The average Bonchev–Trinajstić information content (AvgIpc) is 4.20. The number of amides is 4. The number of hydrogen-bond acceptors (Lipinski definition) is 13. The van der Waals surface area contributed by atoms with Crippen molar-refractivity contribution in [3.63, 3.8) is 0 Å². The van der Waals surface area contributed by atoms with Crippen LogP contribution in [0.5, 0.6) is 0 Å². The molecule has 6 aromatic rings. The molecule has 0 spiro atoms. The van der Waals surface area contributed by atoms with E-state index in [2.05, 4.69) is 31.2 Å². The van der Waals surface area contributed by atoms with Crippen LogP contribution in [0.15, 0.2) is 107 Å². The first-order valence-electron chi connectivity index (χ1n) is 22.4. The molecule has 20 heteroatoms. The summed E-state index contributed by atoms with van der Waals surface area (Å²) in [5.74, 6) is -1.66. The number of nitrogens with one attached hydrogen (secondary N) is 4. The van der Waals surface area contributed by atoms with Crippen molar-refractivity contribution in [1.29, 1.82) is 0 Å². The lowest BCUT2D eigenvalue weighted by Crippen LogP contribution is -2.22. The van der Waals surface area contributed by atoms with Gasteiger partial charge in [-0.25, -0.2) is 37.6 Å². The lowest BCUT2D eigenvalue weighted by Gasteiger charge is -2.14. The van der Waals surface area contributed by atoms with Gasteiger partial charge in [0.25, 0.3) is 0 Å². The largest absolute Gasteiger partial charge is 0.478 e. The number of anilines is 4. The molecule has 0 unspecified atom stereocenters. The lowest BCUT2D eigenvalue weighted by atomic mass is 9.94. The summed E-state index contributed by atoms with van der Waals surface area (Å²) in [5.41, 5.74) is 4.12. The zero-order valence-electron chi connectivity index (χ0n) is 38.2. The molecule has 0 aliphatic heterocycles. The van der Waals surface area contributed by atoms with Crippen LogP contribution in [-0.4, -0.2) is 64.2 Å². The molecule has 2 aliphatic carbocycles. The number of thioether (sulfide) groups is 1. The number of urea groups is 2. The predicted octanol–water partition coefficient (Wildman–Crippen LogP) is 11.6. The number of thiazole rings is 2. The third kappa shape index (κ3) is 13.7. The van der Waals surface area contributed by atoms with E-state index in [0.717, 1.165) is 83.6 Å². The van der Waals surface area contributed by atoms with Gasteiger partial charge in [-0.1, -0.05) is 48.9 Å². The molecular weight excluding hydrogens is 973 g/mol. The van der Waals surface area contributed by atoms with Gasteiger partial charge in [-0.2, -0.15) is 0 Å². The van der Waals surface area contributed by atoms with Crippen LogP contribution in [0.3, 0.4) is 0 Å². The van der Waals surface area contributed by atoms with E-state index < -0.39 is 33.8 Å². The molecule has 2 fully saturated rings. The molecule has 16 nitrogen and oxygen atoms in total. The maximum absolute atomic E-state index is 13.0. The molecule has 2 aromatic heterocycles. The van der Waals surface area contributed by atoms with Gasteiger partial charge in [0.05, 0.1) is 33.2 Å². The van der Waals surface area contributed by atoms with E-state index in [0.29, 0.717) is 38.3 Å². The molecular formula is C50H50N6O10S4. The summed E-state index contributed by atoms with van der Waals surface area (Å²) in [6.45, 7) is 3.83. The van der Waals surface area contributed by atoms with Gasteiger partial charge in [0.15, 0.2) is 31.7 Å². The highest BCUT2D eigenvalue weighted by Crippen LogP contribution is 2.34. The minimum absolute atomic E-state index is 0.00742. The van der Waals surface area contributed by atoms with Gasteiger partial charge in [0, 0.05) is 55.8 Å². The van der Waals surface area contributed by atoms with Gasteiger partial charge in [-0.05, 0) is 112 Å². The summed E-state index contributed by atoms with van der Waals surface area (Å²) < 4.78 is 25.4. The quantitative estimate of drug-likeness (QED) is 0.0390. The number of carbonyl (C=O) groups excluding carboxylic acids is 4. The van der Waals surface area contributed by atoms with Gasteiger partial charge in [0.1, 0.15) is 0 Å². The van der Waals surface area contributed by atoms with Crippen LogP contribution in [-0.2, 0) is 21.3 Å². The van der Waals surface area contributed by atoms with Crippen LogP contribution in [0.2, 0.25) is 0 Å². The van der Waals surface area contributed by atoms with E-state index in [4.69, 9.17) is 10.2 Å². The number of aromatic nitrogens is 2. The number of aromatic carboxylic acids is 2. The van der Waals surface area contributed by atoms with Gasteiger partial charge in [-0.3, -0.25) is 20.2 Å². The maximum atomic E-state index is 13.0. The van der Waals surface area contributed by atoms with E-state index >= 15 is 0 Å². The highest BCUT2D eigenvalue weighted by molar-refractivity contribution is 7.98. The maximum Gasteiger partial charge on any atom is 0.335 e. The van der Waals surface area contributed by atoms with Crippen molar-refractivity contribution < 1.29 is 47.4 Å². The van der Waals surface area contributed by atoms with E-state index in [1.165, 1.54) is 41.8 Å². The monoisotopic (exact) mass is 1020 g/mol. The minimum atomic E-state index is -3.74. The second-order valence-electron chi connectivity index (χ2n) is 16.9. The van der Waals surface area contributed by atoms with Crippen molar-refractivity contribution in [1.82, 2.24) is 9.97 Å². The van der Waals surface area contributed by atoms with Gasteiger partial charge < -0.3 is 20.8 Å². The number of hydrogen-bond donors (Lipinski definition) is 6. The molecule has 70 heavy (non-hydrogen) atoms. The fraction of sp³-hybridized carbons (Fsp3) is 0.280. The SMILES string of the molecule is Cc1ccc(NC(=O)Nc2ncc(CS(=O)(=O)c3ccc(C(=O)O)cc3)s2)c(C(=O)C2CCCC2)c1.Cc1ccc(NC(=O)Nc2ncc(CSc3ccc(C(=O)O)cc3)s2)c(C(=O)C2CCCC2)c1. The fourth-order valence-electron chi connectivity index (χ4n) is 8.05. The van der Waals surface area contributed by atoms with Gasteiger partial charge in [-0.15, -0.1) is 34.4 Å². The average molecular weight is 1020 g/mol. The first kappa shape index (κ1) is 51.1. The first-order valence-corrected chi connectivity index (χ1v) is 26.7. The topological polar surface area (TPSA) is 251 Å². The Morgan fingerprint density at radius 2 is 1.03 bits per heavy atom. The smallest absolute Gasteiger partial charge is 0.335 e. The third-order valence-electron chi connectivity index (χ3n) is 11.7. The Bertz CT molecular complexity index is 3010. The van der Waals surface area contributed by atoms with E-state index in [1.54, 1.807) is 60.4 Å². The zero-order valence-corrected chi connectivity index (χ0v) is 41.4. The highest BCUT2D eigenvalue weighted by atomic mass is 32.2. The fourth-order valence-corrected chi connectivity index (χ4v) is 12.2. The molecule has 364 valence electrons. The normalized spacial score (nSPS) is 13.7. The van der Waals surface area contributed by atoms with Gasteiger partial charge in [0.2, 0.25) is 0 Å². The van der Waals surface area contributed by atoms with Crippen LogP contribution in [0.1, 0.15) is 114 Å². The summed E-state index contributed by atoms with van der Waals surface area (Å²) in [4.78, 5) is 83.8. The third-order valence-corrected chi connectivity index (χ3v) is 16.6.